The average molecular weight is 300 g/mol. The van der Waals surface area contributed by atoms with Crippen LogP contribution in [0, 0.1) is 6.92 Å². The number of carbonyl (C=O) groups is 1. The van der Waals surface area contributed by atoms with Gasteiger partial charge < -0.3 is 4.42 Å². The van der Waals surface area contributed by atoms with Crippen LogP contribution in [0.2, 0.25) is 0 Å². The van der Waals surface area contributed by atoms with Gasteiger partial charge in [-0.1, -0.05) is 17.4 Å². The van der Waals surface area contributed by atoms with Gasteiger partial charge in [-0.05, 0) is 19.1 Å². The highest BCUT2D eigenvalue weighted by Gasteiger charge is 2.17. The number of hydrogen-bond donors (Lipinski definition) is 1. The summed E-state index contributed by atoms with van der Waals surface area (Å²) in [5, 5.41) is 5.09. The number of aromatic amines is 1. The Morgan fingerprint density at radius 2 is 2.29 bits per heavy atom. The Hall–Kier alpha value is -2.74. The third kappa shape index (κ3) is 1.73. The van der Waals surface area contributed by atoms with Crippen LogP contribution in [0.1, 0.15) is 15.5 Å². The van der Waals surface area contributed by atoms with Crippen molar-refractivity contribution in [2.75, 3.05) is 0 Å². The summed E-state index contributed by atoms with van der Waals surface area (Å²) in [7, 11) is 0. The molecule has 7 nitrogen and oxygen atoms in total. The van der Waals surface area contributed by atoms with Gasteiger partial charge in [-0.3, -0.25) is 9.78 Å². The van der Waals surface area contributed by atoms with Crippen LogP contribution < -0.4 is 5.76 Å². The van der Waals surface area contributed by atoms with Gasteiger partial charge in [0.15, 0.2) is 11.9 Å². The van der Waals surface area contributed by atoms with E-state index in [-0.39, 0.29) is 0 Å². The van der Waals surface area contributed by atoms with Crippen molar-refractivity contribution in [2.45, 2.75) is 6.92 Å². The third-order valence-corrected chi connectivity index (χ3v) is 3.97. The molecule has 3 aromatic heterocycles. The topological polar surface area (TPSA) is 93.3 Å². The lowest BCUT2D eigenvalue weighted by Gasteiger charge is -1.97. The molecule has 0 saturated heterocycles. The first-order valence-electron chi connectivity index (χ1n) is 6.10. The summed E-state index contributed by atoms with van der Waals surface area (Å²) < 4.78 is 6.56. The van der Waals surface area contributed by atoms with Crippen LogP contribution in [0.3, 0.4) is 0 Å². The Bertz CT molecular complexity index is 1050. The normalized spacial score (nSPS) is 11.5. The third-order valence-electron chi connectivity index (χ3n) is 3.15. The molecule has 104 valence electrons. The molecule has 0 unspecified atom stereocenters. The van der Waals surface area contributed by atoms with Crippen molar-refractivity contribution in [1.82, 2.24) is 19.6 Å². The van der Waals surface area contributed by atoms with Gasteiger partial charge in [0, 0.05) is 5.56 Å². The minimum Gasteiger partial charge on any atom is -0.408 e. The SMILES string of the molecule is Cc1nn2c(C=O)c(-c3ccc4[nH]c(=O)oc4c3)nc2s1. The van der Waals surface area contributed by atoms with Crippen molar-refractivity contribution in [3.05, 3.63) is 39.5 Å². The highest BCUT2D eigenvalue weighted by Crippen LogP contribution is 2.27. The fraction of sp³-hybridized carbons (Fsp3) is 0.0769. The van der Waals surface area contributed by atoms with Gasteiger partial charge in [-0.15, -0.1) is 0 Å². The summed E-state index contributed by atoms with van der Waals surface area (Å²) in [5.41, 5.74) is 2.63. The van der Waals surface area contributed by atoms with Gasteiger partial charge in [0.25, 0.3) is 0 Å². The number of fused-ring (bicyclic) bond motifs is 2. The number of aromatic nitrogens is 4. The molecule has 0 bridgehead atoms. The van der Waals surface area contributed by atoms with Crippen molar-refractivity contribution < 1.29 is 9.21 Å². The van der Waals surface area contributed by atoms with Crippen molar-refractivity contribution in [1.29, 1.82) is 0 Å². The number of hydrogen-bond acceptors (Lipinski definition) is 6. The molecule has 0 aliphatic heterocycles. The number of H-pyrrole nitrogens is 1. The molecule has 21 heavy (non-hydrogen) atoms. The van der Waals surface area contributed by atoms with E-state index in [2.05, 4.69) is 15.1 Å². The zero-order valence-corrected chi connectivity index (χ0v) is 11.6. The van der Waals surface area contributed by atoms with Crippen LogP contribution in [0.15, 0.2) is 27.4 Å². The number of aryl methyl sites for hydroxylation is 1. The van der Waals surface area contributed by atoms with Crippen molar-refractivity contribution in [2.24, 2.45) is 0 Å². The van der Waals surface area contributed by atoms with E-state index in [1.165, 1.54) is 15.9 Å². The molecule has 0 atom stereocenters. The zero-order valence-electron chi connectivity index (χ0n) is 10.8. The molecule has 1 aromatic carbocycles. The van der Waals surface area contributed by atoms with Gasteiger partial charge >= 0.3 is 5.76 Å². The number of nitrogens with one attached hydrogen (secondary N) is 1. The minimum absolute atomic E-state index is 0.381. The molecule has 0 saturated carbocycles. The smallest absolute Gasteiger partial charge is 0.408 e. The van der Waals surface area contributed by atoms with E-state index in [0.717, 1.165) is 11.3 Å². The van der Waals surface area contributed by atoms with Crippen molar-refractivity contribution >= 4 is 33.7 Å². The molecule has 4 aromatic rings. The lowest BCUT2D eigenvalue weighted by Crippen LogP contribution is -1.93. The van der Waals surface area contributed by atoms with Crippen LogP contribution in [-0.2, 0) is 0 Å². The summed E-state index contributed by atoms with van der Waals surface area (Å²) in [6.07, 6.45) is 0.728. The Morgan fingerprint density at radius 3 is 3.10 bits per heavy atom. The van der Waals surface area contributed by atoms with Crippen LogP contribution in [0.5, 0.6) is 0 Å². The first-order chi connectivity index (χ1) is 10.2. The van der Waals surface area contributed by atoms with E-state index in [0.29, 0.717) is 33.0 Å². The van der Waals surface area contributed by atoms with Gasteiger partial charge in [0.2, 0.25) is 4.96 Å². The monoisotopic (exact) mass is 300 g/mol. The van der Waals surface area contributed by atoms with Gasteiger partial charge in [-0.2, -0.15) is 9.61 Å². The predicted octanol–water partition coefficient (Wildman–Crippen LogP) is 2.01. The molecule has 1 N–H and O–H groups in total. The molecule has 0 aliphatic carbocycles. The molecule has 0 spiro atoms. The number of nitrogens with zero attached hydrogens (tertiary/aromatic N) is 3. The number of rotatable bonds is 2. The largest absolute Gasteiger partial charge is 0.417 e. The summed E-state index contributed by atoms with van der Waals surface area (Å²) >= 11 is 1.41. The molecule has 0 aliphatic rings. The van der Waals surface area contributed by atoms with E-state index in [9.17, 15) is 9.59 Å². The fourth-order valence-electron chi connectivity index (χ4n) is 2.27. The van der Waals surface area contributed by atoms with Crippen molar-refractivity contribution in [3.63, 3.8) is 0 Å². The summed E-state index contributed by atoms with van der Waals surface area (Å²) in [5.74, 6) is -0.513. The maximum absolute atomic E-state index is 11.4. The second-order valence-corrected chi connectivity index (χ2v) is 5.66. The Morgan fingerprint density at radius 1 is 1.43 bits per heavy atom. The molecule has 3 heterocycles. The Kier molecular flexibility index (Phi) is 2.36. The van der Waals surface area contributed by atoms with Crippen molar-refractivity contribution in [3.8, 4) is 11.3 Å². The Labute approximate surface area is 120 Å². The zero-order chi connectivity index (χ0) is 14.6. The maximum Gasteiger partial charge on any atom is 0.417 e. The summed E-state index contributed by atoms with van der Waals surface area (Å²) in [6.45, 7) is 1.86. The second-order valence-electron chi connectivity index (χ2n) is 4.50. The molecular formula is C13H8N4O3S. The first kappa shape index (κ1) is 12.0. The minimum atomic E-state index is -0.513. The molecule has 8 heteroatoms. The number of carbonyl (C=O) groups excluding carboxylic acids is 1. The van der Waals surface area contributed by atoms with Crippen LogP contribution in [0.25, 0.3) is 27.3 Å². The van der Waals surface area contributed by atoms with Crippen LogP contribution >= 0.6 is 11.3 Å². The maximum atomic E-state index is 11.4. The number of aldehydes is 1. The lowest BCUT2D eigenvalue weighted by atomic mass is 10.1. The highest BCUT2D eigenvalue weighted by atomic mass is 32.1. The second kappa shape index (κ2) is 4.13. The molecule has 0 radical (unpaired) electrons. The average Bonchev–Trinajstić information content (AvgIpc) is 3.07. The van der Waals surface area contributed by atoms with Gasteiger partial charge in [0.1, 0.15) is 16.4 Å². The number of oxazole rings is 1. The molecular weight excluding hydrogens is 292 g/mol. The van der Waals surface area contributed by atoms with E-state index in [4.69, 9.17) is 4.42 Å². The number of imidazole rings is 1. The first-order valence-corrected chi connectivity index (χ1v) is 6.92. The quantitative estimate of drug-likeness (QED) is 0.572. The van der Waals surface area contributed by atoms with Crippen LogP contribution in [0.4, 0.5) is 0 Å². The summed E-state index contributed by atoms with van der Waals surface area (Å²) in [4.78, 5) is 30.2. The molecule has 0 fully saturated rings. The van der Waals surface area contributed by atoms with Gasteiger partial charge in [0.05, 0.1) is 5.52 Å². The highest BCUT2D eigenvalue weighted by molar-refractivity contribution is 7.16. The number of benzene rings is 1. The standard InChI is InChI=1S/C13H8N4O3S/c1-6-16-17-9(5-18)11(15-12(17)21-6)7-2-3-8-10(4-7)20-13(19)14-8/h2-5H,1H3,(H,14,19). The van der Waals surface area contributed by atoms with E-state index in [1.54, 1.807) is 18.2 Å². The van der Waals surface area contributed by atoms with E-state index >= 15 is 0 Å². The van der Waals surface area contributed by atoms with Crippen LogP contribution in [-0.4, -0.2) is 25.9 Å². The predicted molar refractivity (Wildman–Crippen MR) is 76.8 cm³/mol. The fourth-order valence-corrected chi connectivity index (χ4v) is 3.02. The Balaban J connectivity index is 2.00. The van der Waals surface area contributed by atoms with E-state index in [1.807, 2.05) is 6.92 Å². The molecule has 4 rings (SSSR count). The summed E-state index contributed by atoms with van der Waals surface area (Å²) in [6, 6.07) is 5.18. The van der Waals surface area contributed by atoms with E-state index < -0.39 is 5.76 Å². The lowest BCUT2D eigenvalue weighted by molar-refractivity contribution is 0.111. The van der Waals surface area contributed by atoms with Gasteiger partial charge in [-0.25, -0.2) is 9.78 Å². The molecule has 0 amide bonds.